The second-order valence-electron chi connectivity index (χ2n) is 3.62. The molecule has 2 N–H and O–H groups in total. The number of hydrogen-bond donors (Lipinski definition) is 2. The number of methoxy groups -OCH3 is 1. The molecule has 0 spiro atoms. The summed E-state index contributed by atoms with van der Waals surface area (Å²) >= 11 is 0. The van der Waals surface area contributed by atoms with E-state index in [1.54, 1.807) is 0 Å². The molecule has 0 atom stereocenters. The Balaban J connectivity index is 2.25. The van der Waals surface area contributed by atoms with Gasteiger partial charge in [0.05, 0.1) is 18.6 Å². The maximum atomic E-state index is 12.1. The van der Waals surface area contributed by atoms with Gasteiger partial charge in [-0.05, 0) is 6.07 Å². The molecule has 0 aliphatic heterocycles. The number of nitrogens with zero attached hydrogens (tertiary/aromatic N) is 4. The number of amides is 1. The largest absolute Gasteiger partial charge is 0.496 e. The van der Waals surface area contributed by atoms with Crippen molar-refractivity contribution >= 4 is 11.6 Å². The Morgan fingerprint density at radius 3 is 2.95 bits per heavy atom. The smallest absolute Gasteiger partial charge is 0.285 e. The fourth-order valence-corrected chi connectivity index (χ4v) is 1.58. The van der Waals surface area contributed by atoms with E-state index in [0.717, 1.165) is 0 Å². The summed E-state index contributed by atoms with van der Waals surface area (Å²) in [7, 11) is 1.33. The maximum absolute atomic E-state index is 12.1. The molecule has 0 unspecified atom stereocenters. The van der Waals surface area contributed by atoms with Crippen LogP contribution in [0.1, 0.15) is 16.2 Å². The van der Waals surface area contributed by atoms with Gasteiger partial charge in [0.25, 0.3) is 11.6 Å². The van der Waals surface area contributed by atoms with Gasteiger partial charge in [0.1, 0.15) is 5.75 Å². The highest BCUT2D eigenvalue weighted by Crippen LogP contribution is 2.27. The van der Waals surface area contributed by atoms with Gasteiger partial charge >= 0.3 is 0 Å². The highest BCUT2D eigenvalue weighted by molar-refractivity contribution is 6.00. The molecule has 10 heteroatoms. The molecule has 2 rings (SSSR count). The number of H-pyrrole nitrogens is 1. The molecular weight excluding hydrogens is 268 g/mol. The van der Waals surface area contributed by atoms with Crippen LogP contribution in [-0.4, -0.2) is 38.6 Å². The number of rotatable bonds is 5. The first-order valence-corrected chi connectivity index (χ1v) is 5.45. The lowest BCUT2D eigenvalue weighted by atomic mass is 10.1. The Bertz CT molecular complexity index is 627. The number of aromatic amines is 1. The van der Waals surface area contributed by atoms with E-state index in [2.05, 4.69) is 25.9 Å². The van der Waals surface area contributed by atoms with Crippen LogP contribution in [0, 0.1) is 10.1 Å². The summed E-state index contributed by atoms with van der Waals surface area (Å²) in [5, 5.41) is 26.3. The number of ether oxygens (including phenoxy) is 1. The fourth-order valence-electron chi connectivity index (χ4n) is 1.58. The minimum absolute atomic E-state index is 0.00939. The van der Waals surface area contributed by atoms with E-state index in [9.17, 15) is 14.9 Å². The van der Waals surface area contributed by atoms with Crippen molar-refractivity contribution in [3.63, 3.8) is 0 Å². The van der Waals surface area contributed by atoms with Crippen molar-refractivity contribution in [2.45, 2.75) is 6.54 Å². The number of hydrogen-bond acceptors (Lipinski definition) is 7. The van der Waals surface area contributed by atoms with Crippen LogP contribution in [0.3, 0.4) is 0 Å². The molecule has 0 radical (unpaired) electrons. The van der Waals surface area contributed by atoms with Crippen molar-refractivity contribution in [2.24, 2.45) is 0 Å². The zero-order chi connectivity index (χ0) is 14.5. The van der Waals surface area contributed by atoms with Gasteiger partial charge in [-0.25, -0.2) is 0 Å². The molecule has 0 saturated carbocycles. The third-order valence-corrected chi connectivity index (χ3v) is 2.44. The van der Waals surface area contributed by atoms with Gasteiger partial charge in [0.15, 0.2) is 11.4 Å². The summed E-state index contributed by atoms with van der Waals surface area (Å²) in [5.74, 6) is -0.278. The molecule has 0 fully saturated rings. The van der Waals surface area contributed by atoms with E-state index in [4.69, 9.17) is 4.74 Å². The first kappa shape index (κ1) is 13.4. The second kappa shape index (κ2) is 5.73. The molecule has 20 heavy (non-hydrogen) atoms. The number of nitro benzene ring substituents is 1. The van der Waals surface area contributed by atoms with Crippen LogP contribution in [-0.2, 0) is 6.54 Å². The highest BCUT2D eigenvalue weighted by atomic mass is 16.6. The summed E-state index contributed by atoms with van der Waals surface area (Å²) in [4.78, 5) is 22.4. The maximum Gasteiger partial charge on any atom is 0.285 e. The minimum Gasteiger partial charge on any atom is -0.496 e. The molecule has 0 aliphatic rings. The average molecular weight is 278 g/mol. The van der Waals surface area contributed by atoms with Gasteiger partial charge in [0, 0.05) is 6.07 Å². The third kappa shape index (κ3) is 2.68. The van der Waals surface area contributed by atoms with E-state index in [-0.39, 0.29) is 29.4 Å². The first-order valence-electron chi connectivity index (χ1n) is 5.45. The standard InChI is InChI=1S/C10H10N6O4/c1-20-7-4-2-3-6(16(18)19)9(7)10(17)11-5-8-12-14-15-13-8/h2-4H,5H2,1H3,(H,11,17)(H,12,13,14,15). The van der Waals surface area contributed by atoms with Gasteiger partial charge in [-0.2, -0.15) is 5.21 Å². The Morgan fingerprint density at radius 2 is 2.35 bits per heavy atom. The normalized spacial score (nSPS) is 10.1. The molecule has 1 heterocycles. The van der Waals surface area contributed by atoms with Gasteiger partial charge in [-0.3, -0.25) is 14.9 Å². The number of benzene rings is 1. The Labute approximate surface area is 112 Å². The van der Waals surface area contributed by atoms with Crippen LogP contribution >= 0.6 is 0 Å². The molecule has 1 aromatic carbocycles. The second-order valence-corrected chi connectivity index (χ2v) is 3.62. The topological polar surface area (TPSA) is 136 Å². The summed E-state index contributed by atoms with van der Waals surface area (Å²) < 4.78 is 4.98. The molecule has 0 aliphatic carbocycles. The number of nitrogens with one attached hydrogen (secondary N) is 2. The molecule has 1 aromatic heterocycles. The molecular formula is C10H10N6O4. The monoisotopic (exact) mass is 278 g/mol. The lowest BCUT2D eigenvalue weighted by Crippen LogP contribution is -2.25. The lowest BCUT2D eigenvalue weighted by Gasteiger charge is -2.08. The van der Waals surface area contributed by atoms with Gasteiger partial charge < -0.3 is 10.1 Å². The highest BCUT2D eigenvalue weighted by Gasteiger charge is 2.24. The first-order chi connectivity index (χ1) is 9.63. The van der Waals surface area contributed by atoms with E-state index in [1.807, 2.05) is 0 Å². The summed E-state index contributed by atoms with van der Waals surface area (Å²) in [6.45, 7) is -0.00939. The molecule has 1 amide bonds. The lowest BCUT2D eigenvalue weighted by molar-refractivity contribution is -0.385. The number of carbonyl (C=O) groups excluding carboxylic acids is 1. The van der Waals surface area contributed by atoms with Crippen LogP contribution in [0.5, 0.6) is 5.75 Å². The van der Waals surface area contributed by atoms with E-state index < -0.39 is 10.8 Å². The SMILES string of the molecule is COc1cccc([N+](=O)[O-])c1C(=O)NCc1nn[nH]n1. The van der Waals surface area contributed by atoms with E-state index >= 15 is 0 Å². The van der Waals surface area contributed by atoms with Gasteiger partial charge in [0.2, 0.25) is 0 Å². The van der Waals surface area contributed by atoms with Gasteiger partial charge in [-0.1, -0.05) is 11.3 Å². The molecule has 0 bridgehead atoms. The zero-order valence-corrected chi connectivity index (χ0v) is 10.4. The molecule has 104 valence electrons. The quantitative estimate of drug-likeness (QED) is 0.582. The average Bonchev–Trinajstić information content (AvgIpc) is 2.97. The Hall–Kier alpha value is -3.04. The number of nitro groups is 1. The summed E-state index contributed by atoms with van der Waals surface area (Å²) in [6.07, 6.45) is 0. The Kier molecular flexibility index (Phi) is 3.84. The number of carbonyl (C=O) groups is 1. The van der Waals surface area contributed by atoms with Crippen molar-refractivity contribution in [1.82, 2.24) is 25.9 Å². The third-order valence-electron chi connectivity index (χ3n) is 2.44. The van der Waals surface area contributed by atoms with Crippen LogP contribution in [0.4, 0.5) is 5.69 Å². The van der Waals surface area contributed by atoms with Crippen LogP contribution < -0.4 is 10.1 Å². The van der Waals surface area contributed by atoms with E-state index in [1.165, 1.54) is 25.3 Å². The van der Waals surface area contributed by atoms with Crippen LogP contribution in [0.25, 0.3) is 0 Å². The Morgan fingerprint density at radius 1 is 1.55 bits per heavy atom. The molecule has 10 nitrogen and oxygen atoms in total. The number of tetrazole rings is 1. The van der Waals surface area contributed by atoms with Crippen molar-refractivity contribution in [3.05, 3.63) is 39.7 Å². The number of aromatic nitrogens is 4. The minimum atomic E-state index is -0.654. The van der Waals surface area contributed by atoms with Crippen LogP contribution in [0.15, 0.2) is 18.2 Å². The van der Waals surface area contributed by atoms with Gasteiger partial charge in [-0.15, -0.1) is 10.2 Å². The van der Waals surface area contributed by atoms with E-state index in [0.29, 0.717) is 0 Å². The van der Waals surface area contributed by atoms with Crippen molar-refractivity contribution in [3.8, 4) is 5.75 Å². The zero-order valence-electron chi connectivity index (χ0n) is 10.4. The van der Waals surface area contributed by atoms with Crippen LogP contribution in [0.2, 0.25) is 0 Å². The predicted octanol–water partition coefficient (Wildman–Crippen LogP) is 0.0465. The summed E-state index contributed by atoms with van der Waals surface area (Å²) in [5.41, 5.74) is -0.488. The molecule has 2 aromatic rings. The van der Waals surface area contributed by atoms with Crippen molar-refractivity contribution < 1.29 is 14.5 Å². The van der Waals surface area contributed by atoms with Crippen molar-refractivity contribution in [1.29, 1.82) is 0 Å². The fraction of sp³-hybridized carbons (Fsp3) is 0.200. The van der Waals surface area contributed by atoms with Crippen molar-refractivity contribution in [2.75, 3.05) is 7.11 Å². The summed E-state index contributed by atoms with van der Waals surface area (Å²) in [6, 6.07) is 4.13. The predicted molar refractivity (Wildman–Crippen MR) is 65.0 cm³/mol. The molecule has 0 saturated heterocycles.